The molecule has 4 heteroatoms. The van der Waals surface area contributed by atoms with Gasteiger partial charge in [0, 0.05) is 6.54 Å². The van der Waals surface area contributed by atoms with Gasteiger partial charge in [0.15, 0.2) is 6.10 Å². The zero-order valence-corrected chi connectivity index (χ0v) is 14.1. The highest BCUT2D eigenvalue weighted by Crippen LogP contribution is 2.24. The van der Waals surface area contributed by atoms with Crippen LogP contribution in [-0.2, 0) is 11.3 Å². The van der Waals surface area contributed by atoms with Crippen LogP contribution in [0.2, 0.25) is 5.02 Å². The molecule has 0 aromatic heterocycles. The second-order valence-corrected chi connectivity index (χ2v) is 5.95. The summed E-state index contributed by atoms with van der Waals surface area (Å²) in [5.41, 5.74) is 1.08. The summed E-state index contributed by atoms with van der Waals surface area (Å²) in [6.45, 7) is 2.16. The molecule has 3 rings (SSSR count). The monoisotopic (exact) mass is 339 g/mol. The molecule has 0 radical (unpaired) electrons. The molecule has 122 valence electrons. The van der Waals surface area contributed by atoms with Gasteiger partial charge in [-0.15, -0.1) is 0 Å². The highest BCUT2D eigenvalue weighted by molar-refractivity contribution is 6.32. The molecule has 0 spiro atoms. The predicted molar refractivity (Wildman–Crippen MR) is 97.3 cm³/mol. The first-order valence-electron chi connectivity index (χ1n) is 7.80. The fraction of sp³-hybridized carbons (Fsp3) is 0.150. The maximum Gasteiger partial charge on any atom is 0.261 e. The molecule has 0 bridgehead atoms. The van der Waals surface area contributed by atoms with E-state index in [2.05, 4.69) is 23.5 Å². The maximum absolute atomic E-state index is 12.3. The van der Waals surface area contributed by atoms with Crippen molar-refractivity contribution < 1.29 is 9.53 Å². The van der Waals surface area contributed by atoms with Crippen molar-refractivity contribution >= 4 is 28.3 Å². The number of hydrogen-bond acceptors (Lipinski definition) is 2. The first-order chi connectivity index (χ1) is 11.6. The van der Waals surface area contributed by atoms with E-state index in [4.69, 9.17) is 16.3 Å². The Morgan fingerprint density at radius 1 is 1.04 bits per heavy atom. The largest absolute Gasteiger partial charge is 0.479 e. The molecule has 1 N–H and O–H groups in total. The molecular formula is C20H18ClNO2. The van der Waals surface area contributed by atoms with Crippen LogP contribution >= 0.6 is 11.6 Å². The number of fused-ring (bicyclic) bond motifs is 1. The normalized spacial score (nSPS) is 11.9. The number of ether oxygens (including phenoxy) is 1. The van der Waals surface area contributed by atoms with Crippen molar-refractivity contribution in [3.05, 3.63) is 77.3 Å². The second kappa shape index (κ2) is 7.37. The Morgan fingerprint density at radius 3 is 2.58 bits per heavy atom. The number of rotatable bonds is 5. The van der Waals surface area contributed by atoms with Crippen molar-refractivity contribution in [3.8, 4) is 5.75 Å². The lowest BCUT2D eigenvalue weighted by Gasteiger charge is -2.16. The van der Waals surface area contributed by atoms with E-state index in [1.165, 1.54) is 0 Å². The van der Waals surface area contributed by atoms with Gasteiger partial charge in [-0.05, 0) is 35.4 Å². The van der Waals surface area contributed by atoms with Gasteiger partial charge in [0.25, 0.3) is 5.91 Å². The van der Waals surface area contributed by atoms with Crippen LogP contribution < -0.4 is 10.1 Å². The van der Waals surface area contributed by atoms with Crippen LogP contribution in [0.15, 0.2) is 66.7 Å². The molecule has 0 heterocycles. The molecule has 0 aliphatic rings. The van der Waals surface area contributed by atoms with Crippen molar-refractivity contribution in [1.82, 2.24) is 5.32 Å². The molecule has 3 nitrogen and oxygen atoms in total. The smallest absolute Gasteiger partial charge is 0.261 e. The Kier molecular flexibility index (Phi) is 5.02. The molecule has 0 saturated carbocycles. The fourth-order valence-electron chi connectivity index (χ4n) is 2.56. The molecule has 1 amide bonds. The number of benzene rings is 3. The number of amides is 1. The van der Waals surface area contributed by atoms with Crippen LogP contribution in [0.4, 0.5) is 0 Å². The highest BCUT2D eigenvalue weighted by atomic mass is 35.5. The highest BCUT2D eigenvalue weighted by Gasteiger charge is 2.15. The lowest BCUT2D eigenvalue weighted by atomic mass is 10.0. The third-order valence-corrected chi connectivity index (χ3v) is 4.15. The van der Waals surface area contributed by atoms with E-state index >= 15 is 0 Å². The number of hydrogen-bond donors (Lipinski definition) is 1. The summed E-state index contributed by atoms with van der Waals surface area (Å²) in [6.07, 6.45) is -0.625. The minimum absolute atomic E-state index is 0.178. The summed E-state index contributed by atoms with van der Waals surface area (Å²) in [7, 11) is 0. The predicted octanol–water partition coefficient (Wildman–Crippen LogP) is 4.58. The summed E-state index contributed by atoms with van der Waals surface area (Å²) in [5.74, 6) is 0.329. The van der Waals surface area contributed by atoms with Crippen molar-refractivity contribution in [2.75, 3.05) is 0 Å². The van der Waals surface area contributed by atoms with Crippen molar-refractivity contribution in [2.24, 2.45) is 0 Å². The van der Waals surface area contributed by atoms with Crippen LogP contribution in [0.1, 0.15) is 12.5 Å². The molecule has 0 fully saturated rings. The van der Waals surface area contributed by atoms with Gasteiger partial charge in [-0.1, -0.05) is 66.2 Å². The van der Waals surface area contributed by atoms with Crippen LogP contribution in [0, 0.1) is 0 Å². The van der Waals surface area contributed by atoms with Crippen LogP contribution in [0.3, 0.4) is 0 Å². The van der Waals surface area contributed by atoms with Crippen LogP contribution in [-0.4, -0.2) is 12.0 Å². The Bertz CT molecular complexity index is 858. The average molecular weight is 340 g/mol. The Balaban J connectivity index is 1.65. The van der Waals surface area contributed by atoms with Gasteiger partial charge in [0.1, 0.15) is 5.75 Å². The molecule has 3 aromatic carbocycles. The number of carbonyl (C=O) groups is 1. The number of nitrogens with one attached hydrogen (secondary N) is 1. The van der Waals surface area contributed by atoms with E-state index in [1.54, 1.807) is 19.1 Å². The summed E-state index contributed by atoms with van der Waals surface area (Å²) in [4.78, 5) is 12.3. The molecule has 0 saturated heterocycles. The van der Waals surface area contributed by atoms with E-state index in [1.807, 2.05) is 36.4 Å². The van der Waals surface area contributed by atoms with Crippen LogP contribution in [0.5, 0.6) is 5.75 Å². The Hall–Kier alpha value is -2.52. The van der Waals surface area contributed by atoms with Gasteiger partial charge >= 0.3 is 0 Å². The van der Waals surface area contributed by atoms with Gasteiger partial charge in [0.05, 0.1) is 5.02 Å². The summed E-state index contributed by atoms with van der Waals surface area (Å²) in [5, 5.41) is 5.71. The third kappa shape index (κ3) is 3.69. The van der Waals surface area contributed by atoms with E-state index < -0.39 is 6.10 Å². The van der Waals surface area contributed by atoms with Crippen molar-refractivity contribution in [1.29, 1.82) is 0 Å². The molecular weight excluding hydrogens is 322 g/mol. The standard InChI is InChI=1S/C20H18ClNO2/c1-14(24-19-12-5-4-11-18(19)21)20(23)22-13-16-9-6-8-15-7-2-3-10-17(15)16/h2-12,14H,13H2,1H3,(H,22,23)/t14-/m1/s1. The Morgan fingerprint density at radius 2 is 1.75 bits per heavy atom. The summed E-state index contributed by atoms with van der Waals surface area (Å²) in [6, 6.07) is 21.3. The number of para-hydroxylation sites is 1. The molecule has 0 aliphatic carbocycles. The van der Waals surface area contributed by atoms with E-state index in [0.29, 0.717) is 17.3 Å². The van der Waals surface area contributed by atoms with Gasteiger partial charge in [0.2, 0.25) is 0 Å². The zero-order chi connectivity index (χ0) is 16.9. The maximum atomic E-state index is 12.3. The number of carbonyl (C=O) groups excluding carboxylic acids is 1. The minimum atomic E-state index is -0.625. The minimum Gasteiger partial charge on any atom is -0.479 e. The lowest BCUT2D eigenvalue weighted by Crippen LogP contribution is -2.36. The van der Waals surface area contributed by atoms with Crippen LogP contribution in [0.25, 0.3) is 10.8 Å². The van der Waals surface area contributed by atoms with Crippen molar-refractivity contribution in [2.45, 2.75) is 19.6 Å². The third-order valence-electron chi connectivity index (χ3n) is 3.84. The molecule has 1 atom stereocenters. The SMILES string of the molecule is C[C@@H](Oc1ccccc1Cl)C(=O)NCc1cccc2ccccc12. The van der Waals surface area contributed by atoms with Gasteiger partial charge < -0.3 is 10.1 Å². The quantitative estimate of drug-likeness (QED) is 0.739. The molecule has 3 aromatic rings. The van der Waals surface area contributed by atoms with E-state index in [9.17, 15) is 4.79 Å². The van der Waals surface area contributed by atoms with Gasteiger partial charge in [-0.3, -0.25) is 4.79 Å². The van der Waals surface area contributed by atoms with E-state index in [-0.39, 0.29) is 5.91 Å². The van der Waals surface area contributed by atoms with E-state index in [0.717, 1.165) is 16.3 Å². The lowest BCUT2D eigenvalue weighted by molar-refractivity contribution is -0.127. The topological polar surface area (TPSA) is 38.3 Å². The first-order valence-corrected chi connectivity index (χ1v) is 8.18. The zero-order valence-electron chi connectivity index (χ0n) is 13.3. The van der Waals surface area contributed by atoms with Crippen molar-refractivity contribution in [3.63, 3.8) is 0 Å². The Labute approximate surface area is 146 Å². The summed E-state index contributed by atoms with van der Waals surface area (Å²) < 4.78 is 5.64. The molecule has 0 unspecified atom stereocenters. The summed E-state index contributed by atoms with van der Waals surface area (Å²) >= 11 is 6.05. The van der Waals surface area contributed by atoms with Gasteiger partial charge in [-0.2, -0.15) is 0 Å². The first kappa shape index (κ1) is 16.3. The second-order valence-electron chi connectivity index (χ2n) is 5.55. The molecule has 24 heavy (non-hydrogen) atoms. The van der Waals surface area contributed by atoms with Gasteiger partial charge in [-0.25, -0.2) is 0 Å². The number of halogens is 1. The fourth-order valence-corrected chi connectivity index (χ4v) is 2.74. The molecule has 0 aliphatic heterocycles. The average Bonchev–Trinajstić information content (AvgIpc) is 2.61.